The Morgan fingerprint density at radius 3 is 2.96 bits per heavy atom. The van der Waals surface area contributed by atoms with Crippen molar-refractivity contribution < 1.29 is 18.4 Å². The summed E-state index contributed by atoms with van der Waals surface area (Å²) in [7, 11) is 1.63. The van der Waals surface area contributed by atoms with Gasteiger partial charge in [-0.2, -0.15) is 4.98 Å². The van der Waals surface area contributed by atoms with Gasteiger partial charge in [0.05, 0.1) is 13.0 Å². The number of rotatable bonds is 3. The zero-order valence-electron chi connectivity index (χ0n) is 13.0. The summed E-state index contributed by atoms with van der Waals surface area (Å²) in [6.07, 6.45) is 0.720. The van der Waals surface area contributed by atoms with E-state index in [0.29, 0.717) is 23.9 Å². The van der Waals surface area contributed by atoms with Gasteiger partial charge in [0, 0.05) is 5.56 Å². The predicted octanol–water partition coefficient (Wildman–Crippen LogP) is 3.60. The normalized spacial score (nSPS) is 16.3. The molecule has 6 heteroatoms. The summed E-state index contributed by atoms with van der Waals surface area (Å²) in [6.45, 7) is 0.462. The van der Waals surface area contributed by atoms with Gasteiger partial charge in [0.15, 0.2) is 0 Å². The third kappa shape index (κ3) is 2.71. The second kappa shape index (κ2) is 5.96. The minimum Gasteiger partial charge on any atom is -0.497 e. The number of hydrogen-bond acceptors (Lipinski definition) is 5. The minimum atomic E-state index is -0.333. The van der Waals surface area contributed by atoms with Crippen LogP contribution in [0.5, 0.6) is 11.5 Å². The molecule has 0 amide bonds. The Kier molecular flexibility index (Phi) is 3.65. The Bertz CT molecular complexity index is 878. The number of nitrogens with zero attached hydrogens (tertiary/aromatic N) is 2. The van der Waals surface area contributed by atoms with Crippen molar-refractivity contribution in [2.45, 2.75) is 12.3 Å². The number of benzene rings is 2. The van der Waals surface area contributed by atoms with Crippen LogP contribution in [0.1, 0.15) is 17.4 Å². The molecule has 0 fully saturated rings. The van der Waals surface area contributed by atoms with Crippen molar-refractivity contribution in [2.75, 3.05) is 13.7 Å². The first-order valence-corrected chi connectivity index (χ1v) is 7.62. The molecule has 1 aliphatic heterocycles. The fraction of sp³-hybridized carbons (Fsp3) is 0.222. The molecular formula is C18H15FN2O3. The van der Waals surface area contributed by atoms with E-state index in [4.69, 9.17) is 14.0 Å². The number of aromatic nitrogens is 2. The predicted molar refractivity (Wildman–Crippen MR) is 84.6 cm³/mol. The smallest absolute Gasteiger partial charge is 0.233 e. The lowest BCUT2D eigenvalue weighted by atomic mass is 9.96. The molecule has 0 saturated heterocycles. The van der Waals surface area contributed by atoms with Crippen LogP contribution in [0.15, 0.2) is 47.0 Å². The van der Waals surface area contributed by atoms with Gasteiger partial charge in [-0.15, -0.1) is 0 Å². The van der Waals surface area contributed by atoms with Crippen molar-refractivity contribution in [3.05, 3.63) is 59.7 Å². The number of methoxy groups -OCH3 is 1. The molecule has 1 aliphatic rings. The van der Waals surface area contributed by atoms with Crippen LogP contribution in [0.4, 0.5) is 4.39 Å². The average molecular weight is 326 g/mol. The van der Waals surface area contributed by atoms with E-state index >= 15 is 0 Å². The van der Waals surface area contributed by atoms with Crippen LogP contribution < -0.4 is 9.47 Å². The average Bonchev–Trinajstić information content (AvgIpc) is 3.11. The van der Waals surface area contributed by atoms with Crippen LogP contribution >= 0.6 is 0 Å². The van der Waals surface area contributed by atoms with Gasteiger partial charge in [0.1, 0.15) is 23.9 Å². The molecule has 2 heterocycles. The Balaban J connectivity index is 1.59. The van der Waals surface area contributed by atoms with Gasteiger partial charge in [-0.3, -0.25) is 0 Å². The molecule has 0 unspecified atom stereocenters. The highest BCUT2D eigenvalue weighted by molar-refractivity contribution is 5.54. The standard InChI is InChI=1S/C18H15FN2O3/c1-22-15-5-6-16-12(9-15)7-13(10-23-16)18-20-17(21-24-18)11-3-2-4-14(19)8-11/h2-6,8-9,13H,7,10H2,1H3/t13-/m1/s1. The van der Waals surface area contributed by atoms with Gasteiger partial charge in [-0.05, 0) is 42.3 Å². The second-order valence-electron chi connectivity index (χ2n) is 5.65. The summed E-state index contributed by atoms with van der Waals surface area (Å²) >= 11 is 0. The third-order valence-corrected chi connectivity index (χ3v) is 4.05. The van der Waals surface area contributed by atoms with Crippen molar-refractivity contribution in [2.24, 2.45) is 0 Å². The van der Waals surface area contributed by atoms with Gasteiger partial charge >= 0.3 is 0 Å². The van der Waals surface area contributed by atoms with Crippen LogP contribution in [0.25, 0.3) is 11.4 Å². The quantitative estimate of drug-likeness (QED) is 0.736. The number of fused-ring (bicyclic) bond motifs is 1. The molecule has 5 nitrogen and oxygen atoms in total. The van der Waals surface area contributed by atoms with Crippen molar-refractivity contribution in [3.8, 4) is 22.9 Å². The maximum atomic E-state index is 13.3. The van der Waals surface area contributed by atoms with Crippen LogP contribution in [0.3, 0.4) is 0 Å². The molecule has 0 N–H and O–H groups in total. The van der Waals surface area contributed by atoms with E-state index in [1.54, 1.807) is 19.2 Å². The first kappa shape index (κ1) is 14.7. The third-order valence-electron chi connectivity index (χ3n) is 4.05. The molecule has 122 valence electrons. The molecule has 1 atom stereocenters. The fourth-order valence-corrected chi connectivity index (χ4v) is 2.80. The van der Waals surface area contributed by atoms with E-state index in [0.717, 1.165) is 23.5 Å². The molecule has 0 bridgehead atoms. The SMILES string of the molecule is COc1ccc2c(c1)C[C@@H](c1nc(-c3cccc(F)c3)no1)CO2. The number of halogens is 1. The minimum absolute atomic E-state index is 0.0422. The highest BCUT2D eigenvalue weighted by Crippen LogP contribution is 2.34. The highest BCUT2D eigenvalue weighted by atomic mass is 19.1. The highest BCUT2D eigenvalue weighted by Gasteiger charge is 2.27. The molecule has 4 rings (SSSR count). The van der Waals surface area contributed by atoms with Crippen molar-refractivity contribution in [1.29, 1.82) is 0 Å². The van der Waals surface area contributed by atoms with E-state index in [9.17, 15) is 4.39 Å². The molecule has 0 radical (unpaired) electrons. The zero-order valence-corrected chi connectivity index (χ0v) is 13.0. The Morgan fingerprint density at radius 2 is 2.12 bits per heavy atom. The first-order valence-electron chi connectivity index (χ1n) is 7.62. The van der Waals surface area contributed by atoms with Crippen molar-refractivity contribution in [1.82, 2.24) is 10.1 Å². The monoisotopic (exact) mass is 326 g/mol. The van der Waals surface area contributed by atoms with Crippen LogP contribution in [0, 0.1) is 5.82 Å². The largest absolute Gasteiger partial charge is 0.497 e. The number of hydrogen-bond donors (Lipinski definition) is 0. The molecule has 3 aromatic rings. The van der Waals surface area contributed by atoms with Crippen LogP contribution in [-0.2, 0) is 6.42 Å². The van der Waals surface area contributed by atoms with Crippen LogP contribution in [-0.4, -0.2) is 23.9 Å². The second-order valence-corrected chi connectivity index (χ2v) is 5.65. The summed E-state index contributed by atoms with van der Waals surface area (Å²) in [5, 5.41) is 3.96. The molecule has 0 aliphatic carbocycles. The van der Waals surface area contributed by atoms with E-state index < -0.39 is 0 Å². The van der Waals surface area contributed by atoms with Gasteiger partial charge in [-0.25, -0.2) is 4.39 Å². The maximum absolute atomic E-state index is 13.3. The van der Waals surface area contributed by atoms with Crippen molar-refractivity contribution >= 4 is 0 Å². The van der Waals surface area contributed by atoms with Gasteiger partial charge < -0.3 is 14.0 Å². The number of ether oxygens (including phenoxy) is 2. The molecule has 2 aromatic carbocycles. The molecule has 0 spiro atoms. The summed E-state index contributed by atoms with van der Waals surface area (Å²) in [6, 6.07) is 11.8. The summed E-state index contributed by atoms with van der Waals surface area (Å²) in [5.41, 5.74) is 1.62. The summed E-state index contributed by atoms with van der Waals surface area (Å²) < 4.78 is 29.7. The van der Waals surface area contributed by atoms with Crippen LogP contribution in [0.2, 0.25) is 0 Å². The van der Waals surface area contributed by atoms with E-state index in [-0.39, 0.29) is 11.7 Å². The molecule has 0 saturated carbocycles. The summed E-state index contributed by atoms with van der Waals surface area (Å²) in [4.78, 5) is 4.41. The van der Waals surface area contributed by atoms with Gasteiger partial charge in [-0.1, -0.05) is 17.3 Å². The maximum Gasteiger partial charge on any atom is 0.233 e. The Hall–Kier alpha value is -2.89. The molecular weight excluding hydrogens is 311 g/mol. The zero-order chi connectivity index (χ0) is 16.5. The fourth-order valence-electron chi connectivity index (χ4n) is 2.80. The first-order chi connectivity index (χ1) is 11.7. The van der Waals surface area contributed by atoms with Gasteiger partial charge in [0.2, 0.25) is 11.7 Å². The van der Waals surface area contributed by atoms with Crippen molar-refractivity contribution in [3.63, 3.8) is 0 Å². The lowest BCUT2D eigenvalue weighted by molar-refractivity contribution is 0.230. The topological polar surface area (TPSA) is 57.4 Å². The van der Waals surface area contributed by atoms with E-state index in [1.165, 1.54) is 12.1 Å². The van der Waals surface area contributed by atoms with E-state index in [1.807, 2.05) is 18.2 Å². The van der Waals surface area contributed by atoms with E-state index in [2.05, 4.69) is 10.1 Å². The Labute approximate surface area is 138 Å². The lowest BCUT2D eigenvalue weighted by Crippen LogP contribution is -2.19. The summed E-state index contributed by atoms with van der Waals surface area (Å²) in [5.74, 6) is 2.12. The lowest BCUT2D eigenvalue weighted by Gasteiger charge is -2.23. The molecule has 1 aromatic heterocycles. The van der Waals surface area contributed by atoms with Gasteiger partial charge in [0.25, 0.3) is 0 Å². The molecule has 24 heavy (non-hydrogen) atoms. The Morgan fingerprint density at radius 1 is 1.21 bits per heavy atom.